The molecule has 0 fully saturated rings. The summed E-state index contributed by atoms with van der Waals surface area (Å²) in [5.74, 6) is 0.352. The lowest BCUT2D eigenvalue weighted by atomic mass is 10.1. The van der Waals surface area contributed by atoms with E-state index in [0.29, 0.717) is 16.9 Å². The molecule has 0 atom stereocenters. The van der Waals surface area contributed by atoms with Crippen LogP contribution in [0.25, 0.3) is 10.9 Å². The van der Waals surface area contributed by atoms with Crippen LogP contribution in [0.5, 0.6) is 0 Å². The Morgan fingerprint density at radius 1 is 1.50 bits per heavy atom. The number of aliphatic hydroxyl groups is 1. The number of aromatic amines is 1. The van der Waals surface area contributed by atoms with Crippen molar-refractivity contribution in [1.82, 2.24) is 9.97 Å². The van der Waals surface area contributed by atoms with Gasteiger partial charge in [0.25, 0.3) is 5.56 Å². The Bertz CT molecular complexity index is 637. The first kappa shape index (κ1) is 13.0. The Balaban J connectivity index is 2.51. The predicted octanol–water partition coefficient (Wildman–Crippen LogP) is 1.87. The van der Waals surface area contributed by atoms with Gasteiger partial charge in [0, 0.05) is 4.47 Å². The van der Waals surface area contributed by atoms with Gasteiger partial charge in [-0.15, -0.1) is 0 Å². The van der Waals surface area contributed by atoms with E-state index < -0.39 is 5.54 Å². The van der Waals surface area contributed by atoms with Crippen molar-refractivity contribution in [3.63, 3.8) is 0 Å². The fraction of sp³-hybridized carbons (Fsp3) is 0.333. The largest absolute Gasteiger partial charge is 0.394 e. The summed E-state index contributed by atoms with van der Waals surface area (Å²) in [7, 11) is 0. The highest BCUT2D eigenvalue weighted by atomic mass is 79.9. The summed E-state index contributed by atoms with van der Waals surface area (Å²) in [6.45, 7) is 3.57. The SMILES string of the molecule is CC(C)(CO)Nc1nc2cc(Br)ccc2c(=O)[nH]1. The molecule has 3 N–H and O–H groups in total. The first-order valence-corrected chi connectivity index (χ1v) is 6.29. The molecule has 1 aromatic carbocycles. The number of rotatable bonds is 3. The number of nitrogens with zero attached hydrogens (tertiary/aromatic N) is 1. The molecule has 0 unspecified atom stereocenters. The maximum atomic E-state index is 11.9. The number of benzene rings is 1. The second-order valence-electron chi connectivity index (χ2n) is 4.74. The number of aromatic nitrogens is 2. The van der Waals surface area contributed by atoms with E-state index in [2.05, 4.69) is 31.2 Å². The van der Waals surface area contributed by atoms with Crippen LogP contribution in [0.1, 0.15) is 13.8 Å². The summed E-state index contributed by atoms with van der Waals surface area (Å²) in [5.41, 5.74) is -0.150. The lowest BCUT2D eigenvalue weighted by Crippen LogP contribution is -2.36. The Morgan fingerprint density at radius 3 is 2.89 bits per heavy atom. The van der Waals surface area contributed by atoms with Gasteiger partial charge in [-0.25, -0.2) is 4.98 Å². The molecule has 6 heteroatoms. The molecule has 0 aliphatic rings. The maximum absolute atomic E-state index is 11.9. The minimum atomic E-state index is -0.546. The van der Waals surface area contributed by atoms with Crippen LogP contribution in [0.2, 0.25) is 0 Å². The van der Waals surface area contributed by atoms with E-state index in [-0.39, 0.29) is 12.2 Å². The smallest absolute Gasteiger partial charge is 0.260 e. The van der Waals surface area contributed by atoms with Crippen molar-refractivity contribution in [3.8, 4) is 0 Å². The van der Waals surface area contributed by atoms with Crippen LogP contribution in [0.15, 0.2) is 27.5 Å². The van der Waals surface area contributed by atoms with E-state index in [4.69, 9.17) is 0 Å². The maximum Gasteiger partial charge on any atom is 0.260 e. The molecule has 0 aliphatic heterocycles. The molecule has 0 saturated carbocycles. The zero-order valence-corrected chi connectivity index (χ0v) is 11.7. The van der Waals surface area contributed by atoms with Crippen LogP contribution >= 0.6 is 15.9 Å². The molecule has 0 aliphatic carbocycles. The number of H-pyrrole nitrogens is 1. The molecule has 1 aromatic heterocycles. The number of hydrogen-bond donors (Lipinski definition) is 3. The predicted molar refractivity (Wildman–Crippen MR) is 74.9 cm³/mol. The quantitative estimate of drug-likeness (QED) is 0.808. The highest BCUT2D eigenvalue weighted by molar-refractivity contribution is 9.10. The summed E-state index contributed by atoms with van der Waals surface area (Å²) in [6, 6.07) is 5.29. The van der Waals surface area contributed by atoms with Crippen LogP contribution in [0.4, 0.5) is 5.95 Å². The van der Waals surface area contributed by atoms with Gasteiger partial charge in [-0.1, -0.05) is 15.9 Å². The topological polar surface area (TPSA) is 78.0 Å². The summed E-state index contributed by atoms with van der Waals surface area (Å²) >= 11 is 3.34. The van der Waals surface area contributed by atoms with Gasteiger partial charge in [0.15, 0.2) is 0 Å². The molecule has 2 rings (SSSR count). The van der Waals surface area contributed by atoms with E-state index in [0.717, 1.165) is 4.47 Å². The first-order valence-electron chi connectivity index (χ1n) is 5.50. The zero-order valence-electron chi connectivity index (χ0n) is 10.1. The van der Waals surface area contributed by atoms with Gasteiger partial charge in [-0.05, 0) is 32.0 Å². The van der Waals surface area contributed by atoms with Gasteiger partial charge < -0.3 is 10.4 Å². The fourth-order valence-electron chi connectivity index (χ4n) is 1.53. The molecule has 0 radical (unpaired) electrons. The van der Waals surface area contributed by atoms with Gasteiger partial charge in [-0.2, -0.15) is 0 Å². The van der Waals surface area contributed by atoms with Crippen LogP contribution in [-0.2, 0) is 0 Å². The van der Waals surface area contributed by atoms with E-state index in [1.165, 1.54) is 0 Å². The molecule has 0 amide bonds. The van der Waals surface area contributed by atoms with Gasteiger partial charge in [0.05, 0.1) is 23.0 Å². The summed E-state index contributed by atoms with van der Waals surface area (Å²) in [4.78, 5) is 18.8. The lowest BCUT2D eigenvalue weighted by molar-refractivity contribution is 0.233. The minimum Gasteiger partial charge on any atom is -0.394 e. The second-order valence-corrected chi connectivity index (χ2v) is 5.66. The van der Waals surface area contributed by atoms with Crippen LogP contribution < -0.4 is 10.9 Å². The number of hydrogen-bond acceptors (Lipinski definition) is 4. The molecular formula is C12H14BrN3O2. The normalized spacial score (nSPS) is 11.8. The molecule has 0 spiro atoms. The average molecular weight is 312 g/mol. The Morgan fingerprint density at radius 2 is 2.22 bits per heavy atom. The van der Waals surface area contributed by atoms with E-state index in [9.17, 15) is 9.90 Å². The first-order chi connectivity index (χ1) is 8.41. The van der Waals surface area contributed by atoms with Crippen molar-refractivity contribution in [2.24, 2.45) is 0 Å². The highest BCUT2D eigenvalue weighted by Gasteiger charge is 2.17. The number of halogens is 1. The zero-order chi connectivity index (χ0) is 13.3. The fourth-order valence-corrected chi connectivity index (χ4v) is 1.88. The summed E-state index contributed by atoms with van der Waals surface area (Å²) < 4.78 is 0.862. The number of fused-ring (bicyclic) bond motifs is 1. The standard InChI is InChI=1S/C12H14BrN3O2/c1-12(2,6-17)16-11-14-9-5-7(13)3-4-8(9)10(18)15-11/h3-5,17H,6H2,1-2H3,(H2,14,15,16,18). The molecule has 18 heavy (non-hydrogen) atoms. The monoisotopic (exact) mass is 311 g/mol. The molecule has 96 valence electrons. The number of nitrogens with one attached hydrogen (secondary N) is 2. The number of aliphatic hydroxyl groups excluding tert-OH is 1. The molecule has 5 nitrogen and oxygen atoms in total. The average Bonchev–Trinajstić information content (AvgIpc) is 2.27. The Hall–Kier alpha value is -1.40. The minimum absolute atomic E-state index is 0.0623. The van der Waals surface area contributed by atoms with E-state index in [1.54, 1.807) is 18.2 Å². The molecule has 1 heterocycles. The van der Waals surface area contributed by atoms with Gasteiger partial charge in [-0.3, -0.25) is 9.78 Å². The van der Waals surface area contributed by atoms with Crippen LogP contribution in [-0.4, -0.2) is 27.2 Å². The second kappa shape index (κ2) is 4.70. The van der Waals surface area contributed by atoms with Crippen molar-refractivity contribution in [2.75, 3.05) is 11.9 Å². The highest BCUT2D eigenvalue weighted by Crippen LogP contribution is 2.17. The van der Waals surface area contributed by atoms with Crippen molar-refractivity contribution in [1.29, 1.82) is 0 Å². The summed E-state index contributed by atoms with van der Waals surface area (Å²) in [6.07, 6.45) is 0. The molecule has 2 aromatic rings. The third-order valence-electron chi connectivity index (χ3n) is 2.52. The van der Waals surface area contributed by atoms with Crippen molar-refractivity contribution in [2.45, 2.75) is 19.4 Å². The molecule has 0 bridgehead atoms. The van der Waals surface area contributed by atoms with Gasteiger partial charge in [0.1, 0.15) is 0 Å². The third kappa shape index (κ3) is 2.70. The number of anilines is 1. The van der Waals surface area contributed by atoms with Crippen LogP contribution in [0.3, 0.4) is 0 Å². The van der Waals surface area contributed by atoms with Gasteiger partial charge >= 0.3 is 0 Å². The lowest BCUT2D eigenvalue weighted by Gasteiger charge is -2.23. The third-order valence-corrected chi connectivity index (χ3v) is 3.01. The molecular weight excluding hydrogens is 298 g/mol. The Kier molecular flexibility index (Phi) is 3.41. The Labute approximate surface area is 112 Å². The van der Waals surface area contributed by atoms with E-state index in [1.807, 2.05) is 13.8 Å². The van der Waals surface area contributed by atoms with Crippen molar-refractivity contribution >= 4 is 32.8 Å². The van der Waals surface area contributed by atoms with Crippen molar-refractivity contribution < 1.29 is 5.11 Å². The van der Waals surface area contributed by atoms with Crippen LogP contribution in [0, 0.1) is 0 Å². The summed E-state index contributed by atoms with van der Waals surface area (Å²) in [5, 5.41) is 12.7. The molecule has 0 saturated heterocycles. The van der Waals surface area contributed by atoms with E-state index >= 15 is 0 Å². The van der Waals surface area contributed by atoms with Gasteiger partial charge in [0.2, 0.25) is 5.95 Å². The van der Waals surface area contributed by atoms with Crippen molar-refractivity contribution in [3.05, 3.63) is 33.0 Å².